The topological polar surface area (TPSA) is 15.3 Å². The lowest BCUT2D eigenvalue weighted by atomic mass is 10.1. The Morgan fingerprint density at radius 1 is 1.21 bits per heavy atom. The number of benzene rings is 1. The lowest BCUT2D eigenvalue weighted by Crippen LogP contribution is -2.41. The predicted octanol–water partition coefficient (Wildman–Crippen LogP) is 3.46. The second-order valence-electron chi connectivity index (χ2n) is 5.80. The highest BCUT2D eigenvalue weighted by atomic mass is 15.1. The average Bonchev–Trinajstić information content (AvgIpc) is 3.28. The Labute approximate surface area is 118 Å². The van der Waals surface area contributed by atoms with Crippen molar-refractivity contribution in [2.24, 2.45) is 5.92 Å². The molecule has 0 amide bonds. The highest BCUT2D eigenvalue weighted by molar-refractivity contribution is 5.47. The first-order chi connectivity index (χ1) is 9.24. The summed E-state index contributed by atoms with van der Waals surface area (Å²) in [6, 6.07) is 9.66. The van der Waals surface area contributed by atoms with Gasteiger partial charge in [-0.2, -0.15) is 0 Å². The second-order valence-corrected chi connectivity index (χ2v) is 5.80. The maximum absolute atomic E-state index is 3.71. The first-order valence-corrected chi connectivity index (χ1v) is 7.78. The molecule has 1 atom stereocenters. The molecule has 0 saturated heterocycles. The van der Waals surface area contributed by atoms with E-state index < -0.39 is 0 Å². The van der Waals surface area contributed by atoms with E-state index in [4.69, 9.17) is 0 Å². The van der Waals surface area contributed by atoms with Gasteiger partial charge in [-0.05, 0) is 55.8 Å². The molecule has 1 aromatic carbocycles. The van der Waals surface area contributed by atoms with E-state index in [0.717, 1.165) is 25.4 Å². The normalized spacial score (nSPS) is 16.4. The molecule has 0 bridgehead atoms. The van der Waals surface area contributed by atoms with Crippen molar-refractivity contribution in [1.82, 2.24) is 5.32 Å². The number of likely N-dealkylation sites (N-methyl/N-ethyl adjacent to an activating group) is 1. The van der Waals surface area contributed by atoms with Crippen molar-refractivity contribution in [3.05, 3.63) is 29.8 Å². The summed E-state index contributed by atoms with van der Waals surface area (Å²) in [6.07, 6.45) is 5.15. The highest BCUT2D eigenvalue weighted by Crippen LogP contribution is 2.33. The average molecular weight is 260 g/mol. The first kappa shape index (κ1) is 14.4. The summed E-state index contributed by atoms with van der Waals surface area (Å²) in [6.45, 7) is 6.71. The van der Waals surface area contributed by atoms with Gasteiger partial charge in [-0.15, -0.1) is 0 Å². The van der Waals surface area contributed by atoms with E-state index in [1.54, 1.807) is 0 Å². The Morgan fingerprint density at radius 2 is 1.89 bits per heavy atom. The molecule has 0 spiro atoms. The molecule has 1 fully saturated rings. The van der Waals surface area contributed by atoms with E-state index in [1.165, 1.54) is 30.5 Å². The fourth-order valence-corrected chi connectivity index (χ4v) is 2.60. The number of nitrogens with one attached hydrogen (secondary N) is 1. The maximum atomic E-state index is 3.71. The largest absolute Gasteiger partial charge is 0.373 e. The molecule has 1 aliphatic rings. The third-order valence-electron chi connectivity index (χ3n) is 4.10. The van der Waals surface area contributed by atoms with E-state index in [0.29, 0.717) is 6.04 Å². The van der Waals surface area contributed by atoms with E-state index in [9.17, 15) is 0 Å². The van der Waals surface area contributed by atoms with Gasteiger partial charge in [-0.1, -0.05) is 26.0 Å². The van der Waals surface area contributed by atoms with Crippen LogP contribution < -0.4 is 10.2 Å². The van der Waals surface area contributed by atoms with Gasteiger partial charge in [-0.25, -0.2) is 0 Å². The number of rotatable bonds is 8. The van der Waals surface area contributed by atoms with Crippen LogP contribution in [0, 0.1) is 5.92 Å². The van der Waals surface area contributed by atoms with Gasteiger partial charge in [0.05, 0.1) is 0 Å². The van der Waals surface area contributed by atoms with Crippen LogP contribution in [0.4, 0.5) is 5.69 Å². The van der Waals surface area contributed by atoms with Crippen LogP contribution in [0.15, 0.2) is 24.3 Å². The molecule has 1 N–H and O–H groups in total. The fraction of sp³-hybridized carbons (Fsp3) is 0.647. The van der Waals surface area contributed by atoms with Gasteiger partial charge in [0.15, 0.2) is 0 Å². The molecular weight excluding hydrogens is 232 g/mol. The lowest BCUT2D eigenvalue weighted by molar-refractivity contribution is 0.463. The van der Waals surface area contributed by atoms with Crippen molar-refractivity contribution in [1.29, 1.82) is 0 Å². The zero-order valence-electron chi connectivity index (χ0n) is 12.7. The molecule has 1 aliphatic carbocycles. The summed E-state index contributed by atoms with van der Waals surface area (Å²) in [4.78, 5) is 2.39. The SMILES string of the molecule is CCCNC(CN(C)c1ccc(CC)cc1)C1CC1. The predicted molar refractivity (Wildman–Crippen MR) is 83.9 cm³/mol. The van der Waals surface area contributed by atoms with E-state index in [2.05, 4.69) is 55.4 Å². The summed E-state index contributed by atoms with van der Waals surface area (Å²) in [5.41, 5.74) is 2.75. The molecule has 1 aromatic rings. The molecule has 2 rings (SSSR count). The van der Waals surface area contributed by atoms with E-state index >= 15 is 0 Å². The Hall–Kier alpha value is -1.02. The summed E-state index contributed by atoms with van der Waals surface area (Å²) in [5.74, 6) is 0.906. The zero-order chi connectivity index (χ0) is 13.7. The minimum atomic E-state index is 0.663. The number of nitrogens with zero attached hydrogens (tertiary/aromatic N) is 1. The van der Waals surface area contributed by atoms with Gasteiger partial charge in [0, 0.05) is 25.3 Å². The van der Waals surface area contributed by atoms with Crippen LogP contribution >= 0.6 is 0 Å². The minimum Gasteiger partial charge on any atom is -0.373 e. The summed E-state index contributed by atoms with van der Waals surface area (Å²) < 4.78 is 0. The molecule has 0 heterocycles. The Bertz CT molecular complexity index is 367. The van der Waals surface area contributed by atoms with Crippen molar-refractivity contribution in [2.75, 3.05) is 25.0 Å². The Morgan fingerprint density at radius 3 is 2.42 bits per heavy atom. The molecule has 0 radical (unpaired) electrons. The van der Waals surface area contributed by atoms with Crippen molar-refractivity contribution in [3.8, 4) is 0 Å². The lowest BCUT2D eigenvalue weighted by Gasteiger charge is -2.27. The van der Waals surface area contributed by atoms with E-state index in [-0.39, 0.29) is 0 Å². The highest BCUT2D eigenvalue weighted by Gasteiger charge is 2.31. The van der Waals surface area contributed by atoms with Crippen molar-refractivity contribution >= 4 is 5.69 Å². The monoisotopic (exact) mass is 260 g/mol. The van der Waals surface area contributed by atoms with Gasteiger partial charge in [0.2, 0.25) is 0 Å². The second kappa shape index (κ2) is 6.95. The Kier molecular flexibility index (Phi) is 5.26. The van der Waals surface area contributed by atoms with Crippen LogP contribution in [0.25, 0.3) is 0 Å². The molecule has 1 unspecified atom stereocenters. The van der Waals surface area contributed by atoms with Crippen molar-refractivity contribution in [3.63, 3.8) is 0 Å². The molecule has 2 heteroatoms. The third kappa shape index (κ3) is 4.24. The van der Waals surface area contributed by atoms with Crippen molar-refractivity contribution in [2.45, 2.75) is 45.6 Å². The molecular formula is C17H28N2. The molecule has 106 valence electrons. The molecule has 1 saturated carbocycles. The number of anilines is 1. The number of hydrogen-bond acceptors (Lipinski definition) is 2. The number of hydrogen-bond donors (Lipinski definition) is 1. The van der Waals surface area contributed by atoms with Crippen LogP contribution in [0.5, 0.6) is 0 Å². The van der Waals surface area contributed by atoms with Crippen molar-refractivity contribution < 1.29 is 0 Å². The van der Waals surface area contributed by atoms with Crippen LogP contribution in [0.2, 0.25) is 0 Å². The zero-order valence-corrected chi connectivity index (χ0v) is 12.7. The molecule has 19 heavy (non-hydrogen) atoms. The Balaban J connectivity index is 1.91. The maximum Gasteiger partial charge on any atom is 0.0364 e. The smallest absolute Gasteiger partial charge is 0.0364 e. The third-order valence-corrected chi connectivity index (χ3v) is 4.10. The van der Waals surface area contributed by atoms with Crippen LogP contribution in [0.3, 0.4) is 0 Å². The molecule has 0 aliphatic heterocycles. The molecule has 2 nitrogen and oxygen atoms in total. The van der Waals surface area contributed by atoms with Gasteiger partial charge < -0.3 is 10.2 Å². The number of aryl methyl sites for hydroxylation is 1. The quantitative estimate of drug-likeness (QED) is 0.770. The summed E-state index contributed by atoms with van der Waals surface area (Å²) in [7, 11) is 2.21. The van der Waals surface area contributed by atoms with Gasteiger partial charge in [0.1, 0.15) is 0 Å². The summed E-state index contributed by atoms with van der Waals surface area (Å²) >= 11 is 0. The van der Waals surface area contributed by atoms with E-state index in [1.807, 2.05) is 0 Å². The summed E-state index contributed by atoms with van der Waals surface area (Å²) in [5, 5.41) is 3.71. The van der Waals surface area contributed by atoms with Crippen LogP contribution in [0.1, 0.15) is 38.7 Å². The standard InChI is InChI=1S/C17H28N2/c1-4-12-18-17(15-8-9-15)13-19(3)16-10-6-14(5-2)7-11-16/h6-7,10-11,15,17-18H,4-5,8-9,12-13H2,1-3H3. The first-order valence-electron chi connectivity index (χ1n) is 7.78. The van der Waals surface area contributed by atoms with Gasteiger partial charge in [0.25, 0.3) is 0 Å². The minimum absolute atomic E-state index is 0.663. The van der Waals surface area contributed by atoms with Crippen LogP contribution in [-0.2, 0) is 6.42 Å². The fourth-order valence-electron chi connectivity index (χ4n) is 2.60. The molecule has 0 aromatic heterocycles. The van der Waals surface area contributed by atoms with Gasteiger partial charge in [-0.3, -0.25) is 0 Å². The van der Waals surface area contributed by atoms with Gasteiger partial charge >= 0.3 is 0 Å². The van der Waals surface area contributed by atoms with Crippen LogP contribution in [-0.4, -0.2) is 26.2 Å².